The van der Waals surface area contributed by atoms with Crippen LogP contribution in [0.1, 0.15) is 23.7 Å². The monoisotopic (exact) mass is 524 g/mol. The zero-order valence-corrected chi connectivity index (χ0v) is 22.4. The molecule has 5 rings (SSSR count). The molecule has 1 saturated heterocycles. The van der Waals surface area contributed by atoms with E-state index in [9.17, 15) is 12.8 Å². The maximum absolute atomic E-state index is 14.3. The van der Waals surface area contributed by atoms with Gasteiger partial charge in [-0.1, -0.05) is 24.3 Å². The molecule has 0 spiro atoms. The van der Waals surface area contributed by atoms with Gasteiger partial charge in [-0.2, -0.15) is 9.29 Å². The number of hydrogen-bond acceptors (Lipinski definition) is 7. The fourth-order valence-corrected chi connectivity index (χ4v) is 6.47. The van der Waals surface area contributed by atoms with Gasteiger partial charge in [0.25, 0.3) is 0 Å². The Morgan fingerprint density at radius 3 is 2.41 bits per heavy atom. The van der Waals surface area contributed by atoms with Crippen LogP contribution in [0.3, 0.4) is 0 Å². The summed E-state index contributed by atoms with van der Waals surface area (Å²) < 4.78 is 42.6. The number of fused-ring (bicyclic) bond motifs is 1. The number of nitrogens with zero attached hydrogens (tertiary/aromatic N) is 6. The van der Waals surface area contributed by atoms with E-state index < -0.39 is 10.0 Å². The summed E-state index contributed by atoms with van der Waals surface area (Å²) in [5, 5.41) is 0. The van der Waals surface area contributed by atoms with Gasteiger partial charge >= 0.3 is 0 Å². The normalized spacial score (nSPS) is 16.5. The Bertz CT molecular complexity index is 1390. The van der Waals surface area contributed by atoms with Crippen molar-refractivity contribution < 1.29 is 12.8 Å². The molecule has 2 aliphatic rings. The van der Waals surface area contributed by atoms with Gasteiger partial charge in [0.15, 0.2) is 0 Å². The number of piperazine rings is 1. The van der Waals surface area contributed by atoms with E-state index in [1.807, 2.05) is 44.0 Å². The number of anilines is 3. The van der Waals surface area contributed by atoms with Crippen molar-refractivity contribution in [3.05, 3.63) is 71.2 Å². The lowest BCUT2D eigenvalue weighted by atomic mass is 10.1. The quantitative estimate of drug-likeness (QED) is 0.489. The highest BCUT2D eigenvalue weighted by Crippen LogP contribution is 2.32. The highest BCUT2D eigenvalue weighted by atomic mass is 32.2. The molecule has 0 bridgehead atoms. The van der Waals surface area contributed by atoms with Gasteiger partial charge in [0.1, 0.15) is 11.6 Å². The van der Waals surface area contributed by atoms with E-state index in [1.54, 1.807) is 24.3 Å². The molecule has 0 aliphatic carbocycles. The number of aromatic nitrogens is 2. The van der Waals surface area contributed by atoms with Crippen molar-refractivity contribution in [3.63, 3.8) is 0 Å². The van der Waals surface area contributed by atoms with E-state index in [4.69, 9.17) is 9.97 Å². The zero-order chi connectivity index (χ0) is 26.2. The van der Waals surface area contributed by atoms with Crippen molar-refractivity contribution >= 4 is 27.5 Å². The van der Waals surface area contributed by atoms with Crippen LogP contribution in [0.2, 0.25) is 0 Å². The molecule has 37 heavy (non-hydrogen) atoms. The predicted molar refractivity (Wildman–Crippen MR) is 144 cm³/mol. The molecule has 10 heteroatoms. The summed E-state index contributed by atoms with van der Waals surface area (Å²) in [5.41, 5.74) is 3.29. The minimum atomic E-state index is -3.63. The molecule has 1 fully saturated rings. The number of aryl methyl sites for hydroxylation is 1. The Balaban J connectivity index is 1.40. The lowest BCUT2D eigenvalue weighted by molar-refractivity contribution is 0.387. The van der Waals surface area contributed by atoms with Crippen LogP contribution < -0.4 is 14.7 Å². The SMILES string of the molecule is CCN(C)c1nc(N2CCN(c3ccccc3F)CC2)nc2c1CN(S(=O)(=O)c1cccc(C)c1)CC2. The molecule has 2 aromatic carbocycles. The van der Waals surface area contributed by atoms with Crippen LogP contribution in [0.15, 0.2) is 53.4 Å². The summed E-state index contributed by atoms with van der Waals surface area (Å²) in [6.07, 6.45) is 0.523. The molecule has 0 unspecified atom stereocenters. The van der Waals surface area contributed by atoms with Crippen LogP contribution in [0.4, 0.5) is 21.8 Å². The first-order valence-electron chi connectivity index (χ1n) is 12.7. The molecule has 0 amide bonds. The first-order valence-corrected chi connectivity index (χ1v) is 14.1. The zero-order valence-electron chi connectivity index (χ0n) is 21.6. The van der Waals surface area contributed by atoms with Gasteiger partial charge in [0.2, 0.25) is 16.0 Å². The maximum Gasteiger partial charge on any atom is 0.243 e. The lowest BCUT2D eigenvalue weighted by Crippen LogP contribution is -2.47. The average molecular weight is 525 g/mol. The summed E-state index contributed by atoms with van der Waals surface area (Å²) in [4.78, 5) is 16.4. The van der Waals surface area contributed by atoms with Crippen molar-refractivity contribution in [3.8, 4) is 0 Å². The van der Waals surface area contributed by atoms with Crippen LogP contribution in [0, 0.1) is 12.7 Å². The van der Waals surface area contributed by atoms with Crippen LogP contribution in [-0.4, -0.2) is 69.0 Å². The molecule has 0 atom stereocenters. The summed E-state index contributed by atoms with van der Waals surface area (Å²) in [6.45, 7) is 7.98. The maximum atomic E-state index is 14.3. The van der Waals surface area contributed by atoms with Gasteiger partial charge in [-0.3, -0.25) is 0 Å². The van der Waals surface area contributed by atoms with Crippen LogP contribution in [-0.2, 0) is 23.0 Å². The number of benzene rings is 2. The second-order valence-electron chi connectivity index (χ2n) is 9.62. The summed E-state index contributed by atoms with van der Waals surface area (Å²) in [5.74, 6) is 1.21. The fourth-order valence-electron chi connectivity index (χ4n) is 4.95. The van der Waals surface area contributed by atoms with Gasteiger partial charge in [-0.25, -0.2) is 17.8 Å². The number of halogens is 1. The Hall–Kier alpha value is -3.24. The third kappa shape index (κ3) is 5.00. The van der Waals surface area contributed by atoms with Gasteiger partial charge in [-0.15, -0.1) is 0 Å². The summed E-state index contributed by atoms with van der Waals surface area (Å²) in [7, 11) is -1.66. The van der Waals surface area contributed by atoms with Gasteiger partial charge in [0, 0.05) is 64.8 Å². The highest BCUT2D eigenvalue weighted by Gasteiger charge is 2.33. The Morgan fingerprint density at radius 1 is 0.973 bits per heavy atom. The molecule has 0 radical (unpaired) electrons. The second kappa shape index (κ2) is 10.3. The van der Waals surface area contributed by atoms with Crippen LogP contribution in [0.25, 0.3) is 0 Å². The predicted octanol–water partition coefficient (Wildman–Crippen LogP) is 3.45. The van der Waals surface area contributed by atoms with E-state index >= 15 is 0 Å². The first-order chi connectivity index (χ1) is 17.8. The smallest absolute Gasteiger partial charge is 0.243 e. The topological polar surface area (TPSA) is 72.9 Å². The Labute approximate surface area is 218 Å². The minimum Gasteiger partial charge on any atom is -0.366 e. The van der Waals surface area contributed by atoms with E-state index in [0.717, 1.165) is 29.2 Å². The van der Waals surface area contributed by atoms with Crippen molar-refractivity contribution in [1.29, 1.82) is 0 Å². The minimum absolute atomic E-state index is 0.210. The molecule has 1 aromatic heterocycles. The number of sulfonamides is 1. The molecular formula is C27H33FN6O2S. The van der Waals surface area contributed by atoms with Crippen LogP contribution in [0.5, 0.6) is 0 Å². The molecule has 3 heterocycles. The lowest BCUT2D eigenvalue weighted by Gasteiger charge is -2.37. The fraction of sp³-hybridized carbons (Fsp3) is 0.407. The first kappa shape index (κ1) is 25.4. The second-order valence-corrected chi connectivity index (χ2v) is 11.6. The van der Waals surface area contributed by atoms with E-state index in [1.165, 1.54) is 10.4 Å². The molecule has 3 aromatic rings. The molecule has 0 N–H and O–H groups in total. The standard InChI is InChI=1S/C27H33FN6O2S/c1-4-31(3)26-22-19-34(37(35,36)21-9-7-8-20(2)18-21)13-12-24(22)29-27(30-26)33-16-14-32(15-17-33)25-11-6-5-10-23(25)28/h5-11,18H,4,12-17,19H2,1-3H3. The van der Waals surface area contributed by atoms with Crippen molar-refractivity contribution in [1.82, 2.24) is 14.3 Å². The molecule has 2 aliphatic heterocycles. The molecule has 196 valence electrons. The van der Waals surface area contributed by atoms with Gasteiger partial charge in [0.05, 0.1) is 16.3 Å². The third-order valence-electron chi connectivity index (χ3n) is 7.21. The molecule has 0 saturated carbocycles. The average Bonchev–Trinajstić information content (AvgIpc) is 2.92. The third-order valence-corrected chi connectivity index (χ3v) is 9.05. The Kier molecular flexibility index (Phi) is 7.04. The van der Waals surface area contributed by atoms with E-state index in [0.29, 0.717) is 55.7 Å². The van der Waals surface area contributed by atoms with Gasteiger partial charge < -0.3 is 14.7 Å². The highest BCUT2D eigenvalue weighted by molar-refractivity contribution is 7.89. The Morgan fingerprint density at radius 2 is 1.70 bits per heavy atom. The number of rotatable bonds is 6. The van der Waals surface area contributed by atoms with E-state index in [2.05, 4.69) is 9.80 Å². The van der Waals surface area contributed by atoms with Crippen LogP contribution >= 0.6 is 0 Å². The van der Waals surface area contributed by atoms with Crippen molar-refractivity contribution in [2.45, 2.75) is 31.7 Å². The molecular weight excluding hydrogens is 491 g/mol. The molecule has 8 nitrogen and oxygen atoms in total. The van der Waals surface area contributed by atoms with Gasteiger partial charge in [-0.05, 0) is 43.7 Å². The number of para-hydroxylation sites is 1. The largest absolute Gasteiger partial charge is 0.366 e. The van der Waals surface area contributed by atoms with E-state index in [-0.39, 0.29) is 12.4 Å². The summed E-state index contributed by atoms with van der Waals surface area (Å²) >= 11 is 0. The number of hydrogen-bond donors (Lipinski definition) is 0. The summed E-state index contributed by atoms with van der Waals surface area (Å²) in [6, 6.07) is 13.9. The van der Waals surface area contributed by atoms with Crippen molar-refractivity contribution in [2.24, 2.45) is 0 Å². The van der Waals surface area contributed by atoms with Crippen molar-refractivity contribution in [2.75, 3.05) is 61.0 Å².